The quantitative estimate of drug-likeness (QED) is 0.892. The van der Waals surface area contributed by atoms with Crippen molar-refractivity contribution in [1.82, 2.24) is 9.80 Å². The molecule has 0 bridgehead atoms. The average molecular weight is 361 g/mol. The Morgan fingerprint density at radius 3 is 2.76 bits per heavy atom. The molecular weight excluding hydrogens is 338 g/mol. The lowest BCUT2D eigenvalue weighted by Crippen LogP contribution is -2.49. The van der Waals surface area contributed by atoms with Gasteiger partial charge in [0.05, 0.1) is 5.75 Å². The number of carbonyl (C=O) groups is 3. The second kappa shape index (κ2) is 7.47. The maximum Gasteiger partial charge on any atom is 0.289 e. The number of thioether (sulfide) groups is 1. The molecule has 6 nitrogen and oxygen atoms in total. The summed E-state index contributed by atoms with van der Waals surface area (Å²) in [5, 5.41) is 3.18. The molecular formula is C18H23N3O3S. The van der Waals surface area contributed by atoms with Crippen LogP contribution in [0.4, 0.5) is 10.5 Å². The maximum absolute atomic E-state index is 12.5. The molecule has 7 heteroatoms. The lowest BCUT2D eigenvalue weighted by atomic mass is 10.0. The van der Waals surface area contributed by atoms with Crippen LogP contribution >= 0.6 is 11.8 Å². The Kier molecular flexibility index (Phi) is 5.32. The fourth-order valence-corrected chi connectivity index (χ4v) is 3.88. The lowest BCUT2D eigenvalue weighted by Gasteiger charge is -2.34. The Labute approximate surface area is 151 Å². The highest BCUT2D eigenvalue weighted by molar-refractivity contribution is 8.14. The van der Waals surface area contributed by atoms with Crippen LogP contribution in [0.25, 0.3) is 0 Å². The largest absolute Gasteiger partial charge is 0.381 e. The Hall–Kier alpha value is -2.02. The van der Waals surface area contributed by atoms with E-state index < -0.39 is 0 Å². The Bertz CT molecular complexity index is 691. The van der Waals surface area contributed by atoms with Gasteiger partial charge in [0.15, 0.2) is 0 Å². The number of imide groups is 1. The fraction of sp³-hybridized carbons (Fsp3) is 0.500. The van der Waals surface area contributed by atoms with E-state index in [4.69, 9.17) is 0 Å². The van der Waals surface area contributed by atoms with Crippen LogP contribution in [-0.2, 0) is 9.59 Å². The highest BCUT2D eigenvalue weighted by Gasteiger charge is 2.33. The van der Waals surface area contributed by atoms with Gasteiger partial charge in [0.25, 0.3) is 5.24 Å². The fourth-order valence-electron chi connectivity index (χ4n) is 3.16. The minimum atomic E-state index is -0.319. The minimum Gasteiger partial charge on any atom is -0.381 e. The molecule has 2 aliphatic heterocycles. The second-order valence-corrected chi connectivity index (χ2v) is 7.58. The molecule has 1 aromatic rings. The number of likely N-dealkylation sites (tertiary alicyclic amines) is 1. The number of nitrogens with one attached hydrogen (secondary N) is 1. The minimum absolute atomic E-state index is 0.138. The van der Waals surface area contributed by atoms with Gasteiger partial charge in [-0.05, 0) is 49.9 Å². The normalized spacial score (nSPS) is 21.0. The van der Waals surface area contributed by atoms with Gasteiger partial charge in [-0.2, -0.15) is 0 Å². The van der Waals surface area contributed by atoms with E-state index in [1.54, 1.807) is 4.90 Å². The summed E-state index contributed by atoms with van der Waals surface area (Å²) >= 11 is 0.961. The van der Waals surface area contributed by atoms with Gasteiger partial charge in [0.1, 0.15) is 6.54 Å². The molecule has 1 N–H and O–H groups in total. The van der Waals surface area contributed by atoms with Gasteiger partial charge in [-0.15, -0.1) is 0 Å². The van der Waals surface area contributed by atoms with Crippen LogP contribution in [0.3, 0.4) is 0 Å². The van der Waals surface area contributed by atoms with Crippen LogP contribution in [0.5, 0.6) is 0 Å². The smallest absolute Gasteiger partial charge is 0.289 e. The number of hydrogen-bond acceptors (Lipinski definition) is 5. The summed E-state index contributed by atoms with van der Waals surface area (Å²) in [7, 11) is 0. The molecule has 0 aromatic heterocycles. The predicted octanol–water partition coefficient (Wildman–Crippen LogP) is 2.40. The number of hydrogen-bond donors (Lipinski definition) is 1. The first-order valence-electron chi connectivity index (χ1n) is 8.52. The van der Waals surface area contributed by atoms with Crippen molar-refractivity contribution in [2.75, 3.05) is 30.7 Å². The number of rotatable bonds is 4. The van der Waals surface area contributed by atoms with E-state index >= 15 is 0 Å². The average Bonchev–Trinajstić information content (AvgIpc) is 2.90. The zero-order chi connectivity index (χ0) is 18.0. The van der Waals surface area contributed by atoms with Crippen molar-refractivity contribution in [3.05, 3.63) is 29.3 Å². The molecule has 2 aliphatic rings. The van der Waals surface area contributed by atoms with Gasteiger partial charge in [0, 0.05) is 24.8 Å². The molecule has 3 amide bonds. The summed E-state index contributed by atoms with van der Waals surface area (Å²) in [6.07, 6.45) is 1.90. The van der Waals surface area contributed by atoms with Crippen molar-refractivity contribution >= 4 is 34.5 Å². The molecule has 0 aliphatic carbocycles. The molecule has 1 atom stereocenters. The number of piperidine rings is 1. The van der Waals surface area contributed by atoms with Gasteiger partial charge in [-0.25, -0.2) is 0 Å². The topological polar surface area (TPSA) is 69.7 Å². The van der Waals surface area contributed by atoms with E-state index in [0.717, 1.165) is 35.2 Å². The number of nitrogens with zero attached hydrogens (tertiary/aromatic N) is 2. The third-order valence-corrected chi connectivity index (χ3v) is 5.64. The third-order valence-electron chi connectivity index (χ3n) is 4.79. The Morgan fingerprint density at radius 2 is 2.08 bits per heavy atom. The molecule has 1 aromatic carbocycles. The summed E-state index contributed by atoms with van der Waals surface area (Å²) in [5.41, 5.74) is 3.55. The number of anilines is 1. The van der Waals surface area contributed by atoms with Crippen LogP contribution in [0, 0.1) is 13.8 Å². The number of amides is 3. The monoisotopic (exact) mass is 361 g/mol. The highest BCUT2D eigenvalue weighted by Crippen LogP contribution is 2.21. The highest BCUT2D eigenvalue weighted by atomic mass is 32.2. The van der Waals surface area contributed by atoms with Crippen molar-refractivity contribution in [2.24, 2.45) is 0 Å². The molecule has 0 radical (unpaired) electrons. The van der Waals surface area contributed by atoms with E-state index in [0.29, 0.717) is 13.1 Å². The van der Waals surface area contributed by atoms with Crippen molar-refractivity contribution in [2.45, 2.75) is 32.7 Å². The predicted molar refractivity (Wildman–Crippen MR) is 98.7 cm³/mol. The van der Waals surface area contributed by atoms with E-state index in [2.05, 4.69) is 37.4 Å². The second-order valence-electron chi connectivity index (χ2n) is 6.66. The molecule has 3 rings (SSSR count). The van der Waals surface area contributed by atoms with E-state index in [1.165, 1.54) is 11.1 Å². The number of benzene rings is 1. The van der Waals surface area contributed by atoms with E-state index in [-0.39, 0.29) is 35.4 Å². The van der Waals surface area contributed by atoms with E-state index in [1.807, 2.05) is 0 Å². The van der Waals surface area contributed by atoms with Crippen LogP contribution in [-0.4, -0.2) is 58.3 Å². The lowest BCUT2D eigenvalue weighted by molar-refractivity contribution is -0.137. The molecule has 25 heavy (non-hydrogen) atoms. The Morgan fingerprint density at radius 1 is 1.28 bits per heavy atom. The molecule has 134 valence electrons. The standard InChI is InChI=1S/C18H23N3O3S/c1-12-5-6-14(8-13(12)2)19-15-4-3-7-20(9-15)16(22)10-21-17(23)11-25-18(21)24/h5-6,8,15,19H,3-4,7,9-11H2,1-2H3/t15-/m1/s1. The SMILES string of the molecule is Cc1ccc(N[C@@H]2CCCN(C(=O)CN3C(=O)CSC3=O)C2)cc1C. The molecule has 0 saturated carbocycles. The maximum atomic E-state index is 12.5. The van der Waals surface area contributed by atoms with Crippen LogP contribution in [0.15, 0.2) is 18.2 Å². The summed E-state index contributed by atoms with van der Waals surface area (Å²) in [5.74, 6) is -0.288. The third kappa shape index (κ3) is 4.15. The molecule has 2 heterocycles. The number of aryl methyl sites for hydroxylation is 2. The van der Waals surface area contributed by atoms with Gasteiger partial charge in [-0.3, -0.25) is 19.3 Å². The van der Waals surface area contributed by atoms with Crippen LogP contribution in [0.2, 0.25) is 0 Å². The van der Waals surface area contributed by atoms with Gasteiger partial charge >= 0.3 is 0 Å². The number of carbonyl (C=O) groups excluding carboxylic acids is 3. The van der Waals surface area contributed by atoms with Crippen molar-refractivity contribution < 1.29 is 14.4 Å². The summed E-state index contributed by atoms with van der Waals surface area (Å²) in [4.78, 5) is 38.6. The van der Waals surface area contributed by atoms with Crippen molar-refractivity contribution in [1.29, 1.82) is 0 Å². The Balaban J connectivity index is 1.58. The van der Waals surface area contributed by atoms with Crippen molar-refractivity contribution in [3.63, 3.8) is 0 Å². The summed E-state index contributed by atoms with van der Waals surface area (Å²) < 4.78 is 0. The zero-order valence-electron chi connectivity index (χ0n) is 14.6. The van der Waals surface area contributed by atoms with Gasteiger partial charge in [0.2, 0.25) is 11.8 Å². The molecule has 0 unspecified atom stereocenters. The van der Waals surface area contributed by atoms with Crippen LogP contribution in [0.1, 0.15) is 24.0 Å². The molecule has 2 fully saturated rings. The first-order valence-corrected chi connectivity index (χ1v) is 9.51. The van der Waals surface area contributed by atoms with Crippen LogP contribution < -0.4 is 5.32 Å². The van der Waals surface area contributed by atoms with E-state index in [9.17, 15) is 14.4 Å². The first-order chi connectivity index (χ1) is 11.9. The first kappa shape index (κ1) is 17.8. The molecule has 2 saturated heterocycles. The molecule has 0 spiro atoms. The van der Waals surface area contributed by atoms with Gasteiger partial charge in [-0.1, -0.05) is 17.8 Å². The summed E-state index contributed by atoms with van der Waals surface area (Å²) in [6, 6.07) is 6.45. The van der Waals surface area contributed by atoms with Crippen molar-refractivity contribution in [3.8, 4) is 0 Å². The zero-order valence-corrected chi connectivity index (χ0v) is 15.4. The summed E-state index contributed by atoms with van der Waals surface area (Å²) in [6.45, 7) is 5.29. The van der Waals surface area contributed by atoms with Gasteiger partial charge < -0.3 is 10.2 Å².